The van der Waals surface area contributed by atoms with Gasteiger partial charge in [-0.25, -0.2) is 8.42 Å². The number of hydrogen-bond acceptors (Lipinski definition) is 2. The van der Waals surface area contributed by atoms with Gasteiger partial charge in [0, 0.05) is 6.54 Å². The Morgan fingerprint density at radius 2 is 1.88 bits per heavy atom. The zero-order valence-electron chi connectivity index (χ0n) is 10.8. The Morgan fingerprint density at radius 1 is 1.31 bits per heavy atom. The minimum absolute atomic E-state index is 0.247. The molecule has 1 fully saturated rings. The summed E-state index contributed by atoms with van der Waals surface area (Å²) >= 11 is 0. The Hall–Kier alpha value is -0.870. The molecule has 1 aromatic rings. The maximum absolute atomic E-state index is 12.2. The van der Waals surface area contributed by atoms with Crippen LogP contribution in [0.15, 0.2) is 30.3 Å². The number of nitrogens with zero attached hydrogens (tertiary/aromatic N) is 1. The van der Waals surface area contributed by atoms with E-state index in [1.165, 1.54) is 4.31 Å². The summed E-state index contributed by atoms with van der Waals surface area (Å²) in [5, 5.41) is 0. The van der Waals surface area contributed by atoms with Crippen LogP contribution in [0.3, 0.4) is 0 Å². The first-order valence-electron chi connectivity index (χ1n) is 5.77. The Balaban J connectivity index is 2.33. The first kappa shape index (κ1) is 10.3. The monoisotopic (exact) mass is 240 g/mol. The lowest BCUT2D eigenvalue weighted by atomic mass is 10.2. The molecule has 88 valence electrons. The zero-order valence-corrected chi connectivity index (χ0v) is 10.6. The van der Waals surface area contributed by atoms with Crippen LogP contribution in [0.5, 0.6) is 0 Å². The molecular formula is C12H17NO2S. The maximum Gasteiger partial charge on any atom is 0.219 e. The van der Waals surface area contributed by atoms with E-state index < -0.39 is 20.8 Å². The molecule has 2 rings (SSSR count). The summed E-state index contributed by atoms with van der Waals surface area (Å²) in [6, 6.07) is 8.00. The van der Waals surface area contributed by atoms with Gasteiger partial charge in [0.05, 0.1) is 12.1 Å². The fourth-order valence-electron chi connectivity index (χ4n) is 1.53. The van der Waals surface area contributed by atoms with Crippen LogP contribution >= 0.6 is 0 Å². The number of rotatable bonds is 2. The van der Waals surface area contributed by atoms with Crippen molar-refractivity contribution in [3.8, 4) is 0 Å². The van der Waals surface area contributed by atoms with E-state index in [0.29, 0.717) is 0 Å². The Morgan fingerprint density at radius 3 is 2.38 bits per heavy atom. The van der Waals surface area contributed by atoms with E-state index in [9.17, 15) is 8.42 Å². The van der Waals surface area contributed by atoms with Crippen molar-refractivity contribution < 1.29 is 9.79 Å². The van der Waals surface area contributed by atoms with Crippen molar-refractivity contribution in [2.75, 3.05) is 6.54 Å². The predicted molar refractivity (Wildman–Crippen MR) is 64.6 cm³/mol. The normalized spacial score (nSPS) is 30.9. The molecule has 0 spiro atoms. The highest BCUT2D eigenvalue weighted by Crippen LogP contribution is 2.41. The molecular weight excluding hydrogens is 222 g/mol. The molecule has 4 heteroatoms. The fourth-order valence-corrected chi connectivity index (χ4v) is 2.88. The fraction of sp³-hybridized carbons (Fsp3) is 0.500. The van der Waals surface area contributed by atoms with E-state index in [1.54, 1.807) is 32.9 Å². The standard InChI is InChI=1S/C12H17NO2S/c1-12(2,3)16(14,15)13-9-11(13)10-7-5-4-6-8-10/h4-8,11H,9H2,1-3H3/t11-,13?/m0/s1/i11D. The van der Waals surface area contributed by atoms with Crippen molar-refractivity contribution in [3.63, 3.8) is 0 Å². The second-order valence-electron chi connectivity index (χ2n) is 4.94. The molecule has 1 heterocycles. The first-order valence-corrected chi connectivity index (χ1v) is 6.71. The quantitative estimate of drug-likeness (QED) is 0.743. The molecule has 1 aromatic carbocycles. The van der Waals surface area contributed by atoms with Crippen molar-refractivity contribution >= 4 is 10.0 Å². The molecule has 16 heavy (non-hydrogen) atoms. The minimum atomic E-state index is -3.41. The van der Waals surface area contributed by atoms with Crippen LogP contribution in [0.25, 0.3) is 0 Å². The van der Waals surface area contributed by atoms with Gasteiger partial charge in [-0.2, -0.15) is 4.31 Å². The smallest absolute Gasteiger partial charge is 0.212 e. The molecule has 1 unspecified atom stereocenters. The zero-order chi connectivity index (χ0) is 12.9. The Labute approximate surface area is 98.5 Å². The van der Waals surface area contributed by atoms with Crippen LogP contribution in [-0.2, 0) is 10.0 Å². The Kier molecular flexibility index (Phi) is 2.30. The maximum atomic E-state index is 12.2. The van der Waals surface area contributed by atoms with Gasteiger partial charge >= 0.3 is 0 Å². The van der Waals surface area contributed by atoms with Gasteiger partial charge in [0.1, 0.15) is 0 Å². The van der Waals surface area contributed by atoms with E-state index in [1.807, 2.05) is 18.2 Å². The SMILES string of the molecule is [2H][C@@]1(c2ccccc2)CN1S(=O)(=O)C(C)(C)C. The lowest BCUT2D eigenvalue weighted by Crippen LogP contribution is -2.33. The molecule has 0 saturated carbocycles. The largest absolute Gasteiger partial charge is 0.219 e. The van der Waals surface area contributed by atoms with Gasteiger partial charge in [-0.3, -0.25) is 0 Å². The minimum Gasteiger partial charge on any atom is -0.212 e. The van der Waals surface area contributed by atoms with Crippen molar-refractivity contribution in [1.29, 1.82) is 0 Å². The topological polar surface area (TPSA) is 37.1 Å². The van der Waals surface area contributed by atoms with Gasteiger partial charge in [0.2, 0.25) is 10.0 Å². The number of sulfonamides is 1. The van der Waals surface area contributed by atoms with Crippen LogP contribution in [0.1, 0.15) is 33.7 Å². The van der Waals surface area contributed by atoms with Crippen molar-refractivity contribution in [3.05, 3.63) is 35.9 Å². The summed E-state index contributed by atoms with van der Waals surface area (Å²) in [7, 11) is -3.41. The molecule has 0 aliphatic carbocycles. The summed E-state index contributed by atoms with van der Waals surface area (Å²) in [5.41, 5.74) is 0.729. The molecule has 1 aliphatic heterocycles. The van der Waals surface area contributed by atoms with Gasteiger partial charge in [-0.15, -0.1) is 0 Å². The van der Waals surface area contributed by atoms with Gasteiger partial charge in [0.25, 0.3) is 0 Å². The van der Waals surface area contributed by atoms with Crippen LogP contribution in [0.2, 0.25) is 0 Å². The second kappa shape index (κ2) is 3.57. The summed E-state index contributed by atoms with van der Waals surface area (Å²) in [5.74, 6) is 0. The summed E-state index contributed by atoms with van der Waals surface area (Å²) < 4.78 is 33.0. The third kappa shape index (κ3) is 1.87. The van der Waals surface area contributed by atoms with Crippen LogP contribution in [0, 0.1) is 0 Å². The van der Waals surface area contributed by atoms with Gasteiger partial charge in [-0.05, 0) is 26.3 Å². The van der Waals surface area contributed by atoms with Gasteiger partial charge < -0.3 is 0 Å². The van der Waals surface area contributed by atoms with E-state index >= 15 is 0 Å². The molecule has 1 saturated heterocycles. The van der Waals surface area contributed by atoms with Crippen LogP contribution in [0.4, 0.5) is 0 Å². The number of benzene rings is 1. The lowest BCUT2D eigenvalue weighted by molar-refractivity contribution is 0.517. The number of hydrogen-bond donors (Lipinski definition) is 0. The molecule has 3 nitrogen and oxygen atoms in total. The van der Waals surface area contributed by atoms with Crippen molar-refractivity contribution in [1.82, 2.24) is 4.31 Å². The summed E-state index contributed by atoms with van der Waals surface area (Å²) in [4.78, 5) is 0. The lowest BCUT2D eigenvalue weighted by Gasteiger charge is -2.20. The van der Waals surface area contributed by atoms with Crippen molar-refractivity contribution in [2.45, 2.75) is 31.5 Å². The average molecular weight is 240 g/mol. The molecule has 0 N–H and O–H groups in total. The van der Waals surface area contributed by atoms with E-state index in [0.717, 1.165) is 5.56 Å². The molecule has 1 aliphatic rings. The van der Waals surface area contributed by atoms with E-state index in [-0.39, 0.29) is 6.54 Å². The van der Waals surface area contributed by atoms with Crippen LogP contribution in [-0.4, -0.2) is 24.0 Å². The molecule has 0 radical (unpaired) electrons. The summed E-state index contributed by atoms with van der Waals surface area (Å²) in [6.07, 6.45) is 0. The molecule has 0 aromatic heterocycles. The molecule has 2 atom stereocenters. The highest BCUT2D eigenvalue weighted by atomic mass is 32.2. The Bertz CT molecular complexity index is 521. The first-order chi connectivity index (χ1) is 7.69. The van der Waals surface area contributed by atoms with Gasteiger partial charge in [-0.1, -0.05) is 30.3 Å². The highest BCUT2D eigenvalue weighted by molar-refractivity contribution is 7.90. The van der Waals surface area contributed by atoms with Crippen molar-refractivity contribution in [2.24, 2.45) is 0 Å². The third-order valence-electron chi connectivity index (χ3n) is 2.66. The van der Waals surface area contributed by atoms with E-state index in [2.05, 4.69) is 0 Å². The molecule has 0 bridgehead atoms. The molecule has 0 amide bonds. The predicted octanol–water partition coefficient (Wildman–Crippen LogP) is 2.17. The highest BCUT2D eigenvalue weighted by Gasteiger charge is 2.49. The third-order valence-corrected chi connectivity index (χ3v) is 5.14. The second-order valence-corrected chi connectivity index (χ2v) is 7.55. The average Bonchev–Trinajstić information content (AvgIpc) is 2.93. The summed E-state index contributed by atoms with van der Waals surface area (Å²) in [6.45, 7) is 5.22. The van der Waals surface area contributed by atoms with Crippen LogP contribution < -0.4 is 0 Å². The van der Waals surface area contributed by atoms with Gasteiger partial charge in [0.15, 0.2) is 0 Å². The van der Waals surface area contributed by atoms with E-state index in [4.69, 9.17) is 1.37 Å².